The highest BCUT2D eigenvalue weighted by Gasteiger charge is 2.34. The Kier molecular flexibility index (Phi) is 5.05. The molecule has 0 radical (unpaired) electrons. The van der Waals surface area contributed by atoms with Gasteiger partial charge in [-0.3, -0.25) is 4.79 Å². The van der Waals surface area contributed by atoms with Crippen LogP contribution in [-0.4, -0.2) is 32.6 Å². The third-order valence-corrected chi connectivity index (χ3v) is 5.97. The van der Waals surface area contributed by atoms with E-state index in [0.717, 1.165) is 15.6 Å². The predicted octanol–water partition coefficient (Wildman–Crippen LogP) is 4.25. The Morgan fingerprint density at radius 1 is 1.35 bits per heavy atom. The fourth-order valence-corrected chi connectivity index (χ4v) is 4.14. The predicted molar refractivity (Wildman–Crippen MR) is 102 cm³/mol. The molecule has 0 N–H and O–H groups in total. The normalized spacial score (nSPS) is 16.7. The number of halogens is 1. The van der Waals surface area contributed by atoms with Gasteiger partial charge >= 0.3 is 0 Å². The zero-order valence-electron chi connectivity index (χ0n) is 13.4. The van der Waals surface area contributed by atoms with Crippen molar-refractivity contribution in [3.63, 3.8) is 0 Å². The summed E-state index contributed by atoms with van der Waals surface area (Å²) in [6, 6.07) is 10.9. The maximum Gasteiger partial charge on any atom is 0.253 e. The van der Waals surface area contributed by atoms with E-state index < -0.39 is 0 Å². The van der Waals surface area contributed by atoms with Crippen molar-refractivity contribution >= 4 is 46.3 Å². The van der Waals surface area contributed by atoms with E-state index in [1.165, 1.54) is 28.1 Å². The summed E-state index contributed by atoms with van der Waals surface area (Å²) in [5, 5.41) is 14.5. The fraction of sp³-hybridized carbons (Fsp3) is 0.176. The topological polar surface area (TPSA) is 71.6 Å². The van der Waals surface area contributed by atoms with E-state index in [4.69, 9.17) is 16.0 Å². The maximum absolute atomic E-state index is 12.8. The minimum atomic E-state index is -0.252. The third-order valence-electron chi connectivity index (χ3n) is 3.87. The van der Waals surface area contributed by atoms with Crippen LogP contribution in [0.4, 0.5) is 0 Å². The molecule has 0 fully saturated rings. The van der Waals surface area contributed by atoms with Crippen LogP contribution >= 0.6 is 34.7 Å². The number of nitrogens with zero attached hydrogens (tertiary/aromatic N) is 4. The molecule has 3 heterocycles. The van der Waals surface area contributed by atoms with Gasteiger partial charge in [-0.2, -0.15) is 5.10 Å². The first-order valence-electron chi connectivity index (χ1n) is 7.78. The number of carbonyl (C=O) groups is 1. The molecule has 1 amide bonds. The van der Waals surface area contributed by atoms with Crippen LogP contribution in [0, 0.1) is 0 Å². The van der Waals surface area contributed by atoms with Gasteiger partial charge in [-0.25, -0.2) is 5.01 Å². The molecule has 1 aliphatic heterocycles. The number of amides is 1. The van der Waals surface area contributed by atoms with Gasteiger partial charge in [0.1, 0.15) is 17.3 Å². The third kappa shape index (κ3) is 3.67. The highest BCUT2D eigenvalue weighted by atomic mass is 35.5. The van der Waals surface area contributed by atoms with Gasteiger partial charge in [0.2, 0.25) is 0 Å². The molecule has 26 heavy (non-hydrogen) atoms. The highest BCUT2D eigenvalue weighted by molar-refractivity contribution is 8.01. The molecule has 1 aliphatic rings. The number of hydrogen-bond donors (Lipinski definition) is 0. The van der Waals surface area contributed by atoms with Gasteiger partial charge in [0.05, 0.1) is 17.7 Å². The van der Waals surface area contributed by atoms with Crippen LogP contribution in [-0.2, 0) is 4.79 Å². The van der Waals surface area contributed by atoms with E-state index in [1.54, 1.807) is 11.8 Å². The summed E-state index contributed by atoms with van der Waals surface area (Å²) in [6.07, 6.45) is 2.19. The van der Waals surface area contributed by atoms with Crippen LogP contribution in [0.2, 0.25) is 5.02 Å². The molecule has 6 nitrogen and oxygen atoms in total. The van der Waals surface area contributed by atoms with Crippen molar-refractivity contribution in [2.75, 3.05) is 5.75 Å². The second kappa shape index (κ2) is 7.61. The quantitative estimate of drug-likeness (QED) is 0.594. The Hall–Kier alpha value is -2.16. The number of hydrazone groups is 1. The van der Waals surface area contributed by atoms with Gasteiger partial charge in [-0.15, -0.1) is 10.2 Å². The van der Waals surface area contributed by atoms with Crippen LogP contribution < -0.4 is 0 Å². The number of benzene rings is 1. The molecule has 0 spiro atoms. The molecule has 0 saturated heterocycles. The van der Waals surface area contributed by atoms with Crippen LogP contribution in [0.15, 0.2) is 62.0 Å². The second-order valence-corrected chi connectivity index (χ2v) is 8.01. The van der Waals surface area contributed by atoms with Gasteiger partial charge in [-0.1, -0.05) is 46.8 Å². The summed E-state index contributed by atoms with van der Waals surface area (Å²) in [7, 11) is 0. The van der Waals surface area contributed by atoms with E-state index in [2.05, 4.69) is 15.3 Å². The van der Waals surface area contributed by atoms with E-state index in [9.17, 15) is 4.79 Å². The summed E-state index contributed by atoms with van der Waals surface area (Å²) in [4.78, 5) is 12.8. The van der Waals surface area contributed by atoms with E-state index in [0.29, 0.717) is 17.2 Å². The molecule has 2 aromatic heterocycles. The lowest BCUT2D eigenvalue weighted by atomic mass is 10.0. The molecule has 9 heteroatoms. The zero-order valence-corrected chi connectivity index (χ0v) is 15.8. The molecule has 1 unspecified atom stereocenters. The number of furan rings is 1. The van der Waals surface area contributed by atoms with Gasteiger partial charge in [-0.05, 0) is 29.8 Å². The van der Waals surface area contributed by atoms with Crippen molar-refractivity contribution in [3.05, 3.63) is 64.5 Å². The van der Waals surface area contributed by atoms with Crippen LogP contribution in [0.25, 0.3) is 0 Å². The van der Waals surface area contributed by atoms with Gasteiger partial charge in [0, 0.05) is 11.4 Å². The van der Waals surface area contributed by atoms with E-state index in [-0.39, 0.29) is 17.7 Å². The average Bonchev–Trinajstić information content (AvgIpc) is 3.41. The molecular formula is C17H13ClN4O2S2. The standard InChI is InChI=1S/C17H13ClN4O2S2/c18-12-5-3-11(4-6-12)13-8-14(15-2-1-7-24-15)22(21-13)16(23)9-25-17-20-19-10-26-17/h1-7,10,14H,8-9H2. The monoisotopic (exact) mass is 404 g/mol. The fourth-order valence-electron chi connectivity index (χ4n) is 2.68. The number of aromatic nitrogens is 2. The molecule has 0 bridgehead atoms. The summed E-state index contributed by atoms with van der Waals surface area (Å²) >= 11 is 8.73. The Labute approximate surface area is 162 Å². The van der Waals surface area contributed by atoms with Crippen LogP contribution in [0.3, 0.4) is 0 Å². The minimum absolute atomic E-state index is 0.101. The van der Waals surface area contributed by atoms with Crippen molar-refractivity contribution in [1.82, 2.24) is 15.2 Å². The summed E-state index contributed by atoms with van der Waals surface area (Å²) in [5.74, 6) is 0.853. The zero-order chi connectivity index (χ0) is 17.9. The highest BCUT2D eigenvalue weighted by Crippen LogP contribution is 2.34. The summed E-state index contributed by atoms with van der Waals surface area (Å²) in [5.41, 5.74) is 3.42. The minimum Gasteiger partial charge on any atom is -0.467 e. The van der Waals surface area contributed by atoms with E-state index >= 15 is 0 Å². The second-order valence-electron chi connectivity index (χ2n) is 5.52. The van der Waals surface area contributed by atoms with Crippen molar-refractivity contribution in [2.45, 2.75) is 16.8 Å². The molecule has 132 valence electrons. The SMILES string of the molecule is O=C(CSc1nncs1)N1N=C(c2ccc(Cl)cc2)CC1c1ccco1. The summed E-state index contributed by atoms with van der Waals surface area (Å²) < 4.78 is 6.29. The van der Waals surface area contributed by atoms with Crippen molar-refractivity contribution < 1.29 is 9.21 Å². The largest absolute Gasteiger partial charge is 0.467 e. The lowest BCUT2D eigenvalue weighted by Gasteiger charge is -2.19. The maximum atomic E-state index is 12.8. The molecule has 0 saturated carbocycles. The Balaban J connectivity index is 1.57. The first kappa shape index (κ1) is 17.3. The molecule has 1 aromatic carbocycles. The number of rotatable bonds is 5. The Morgan fingerprint density at radius 2 is 2.19 bits per heavy atom. The van der Waals surface area contributed by atoms with Gasteiger partial charge in [0.15, 0.2) is 4.34 Å². The first-order valence-corrected chi connectivity index (χ1v) is 10.0. The number of thioether (sulfide) groups is 1. The molecule has 0 aliphatic carbocycles. The molecule has 3 aromatic rings. The van der Waals surface area contributed by atoms with Gasteiger partial charge < -0.3 is 4.42 Å². The average molecular weight is 405 g/mol. The number of carbonyl (C=O) groups excluding carboxylic acids is 1. The molecule has 4 rings (SSSR count). The van der Waals surface area contributed by atoms with Crippen molar-refractivity contribution in [3.8, 4) is 0 Å². The lowest BCUT2D eigenvalue weighted by Crippen LogP contribution is -2.28. The smallest absolute Gasteiger partial charge is 0.253 e. The summed E-state index contributed by atoms with van der Waals surface area (Å²) in [6.45, 7) is 0. The van der Waals surface area contributed by atoms with Crippen molar-refractivity contribution in [1.29, 1.82) is 0 Å². The number of hydrogen-bond acceptors (Lipinski definition) is 7. The molecule has 1 atom stereocenters. The Morgan fingerprint density at radius 3 is 2.88 bits per heavy atom. The first-order chi connectivity index (χ1) is 12.7. The van der Waals surface area contributed by atoms with Crippen molar-refractivity contribution in [2.24, 2.45) is 5.10 Å². The van der Waals surface area contributed by atoms with Crippen LogP contribution in [0.1, 0.15) is 23.8 Å². The Bertz CT molecular complexity index is 911. The lowest BCUT2D eigenvalue weighted by molar-refractivity contribution is -0.130. The van der Waals surface area contributed by atoms with E-state index in [1.807, 2.05) is 36.4 Å². The molecular weight excluding hydrogens is 392 g/mol. The van der Waals surface area contributed by atoms with Gasteiger partial charge in [0.25, 0.3) is 5.91 Å². The van der Waals surface area contributed by atoms with Crippen LogP contribution in [0.5, 0.6) is 0 Å².